The van der Waals surface area contributed by atoms with Crippen LogP contribution in [0.15, 0.2) is 54.7 Å². The highest BCUT2D eigenvalue weighted by molar-refractivity contribution is 5.63. The summed E-state index contributed by atoms with van der Waals surface area (Å²) in [5, 5.41) is 8.39. The molecule has 2 heterocycles. The molecular weight excluding hydrogens is 353 g/mol. The number of aryl methyl sites for hydroxylation is 1. The molecule has 0 bridgehead atoms. The van der Waals surface area contributed by atoms with Gasteiger partial charge < -0.3 is 10.1 Å². The van der Waals surface area contributed by atoms with Crippen LogP contribution in [0.25, 0.3) is 16.9 Å². The van der Waals surface area contributed by atoms with Gasteiger partial charge in [0.25, 0.3) is 0 Å². The number of hydrogen-bond acceptors (Lipinski definition) is 3. The van der Waals surface area contributed by atoms with Gasteiger partial charge in [-0.3, -0.25) is 0 Å². The van der Waals surface area contributed by atoms with Gasteiger partial charge in [-0.1, -0.05) is 17.7 Å². The quantitative estimate of drug-likeness (QED) is 0.685. The minimum absolute atomic E-state index is 0.235. The lowest BCUT2D eigenvalue weighted by Crippen LogP contribution is -2.27. The number of benzene rings is 2. The Labute approximate surface area is 165 Å². The first-order chi connectivity index (χ1) is 13.7. The number of hydrogen-bond donors (Lipinski definition) is 1. The maximum absolute atomic E-state index is 13.4. The zero-order chi connectivity index (χ0) is 19.3. The fourth-order valence-corrected chi connectivity index (χ4v) is 3.58. The Kier molecular flexibility index (Phi) is 5.84. The van der Waals surface area contributed by atoms with E-state index in [0.717, 1.165) is 61.7 Å². The van der Waals surface area contributed by atoms with Crippen LogP contribution in [0.4, 0.5) is 4.39 Å². The van der Waals surface area contributed by atoms with Crippen molar-refractivity contribution in [3.8, 4) is 16.9 Å². The van der Waals surface area contributed by atoms with Crippen LogP contribution in [-0.4, -0.2) is 29.5 Å². The normalized spacial score (nSPS) is 15.1. The van der Waals surface area contributed by atoms with Crippen molar-refractivity contribution in [2.24, 2.45) is 5.92 Å². The minimum Gasteiger partial charge on any atom is -0.381 e. The second-order valence-corrected chi connectivity index (χ2v) is 7.48. The van der Waals surface area contributed by atoms with Gasteiger partial charge >= 0.3 is 0 Å². The summed E-state index contributed by atoms with van der Waals surface area (Å²) in [5.41, 5.74) is 5.16. The maximum Gasteiger partial charge on any atom is 0.123 e. The summed E-state index contributed by atoms with van der Waals surface area (Å²) in [5.74, 6) is 0.427. The number of halogens is 1. The van der Waals surface area contributed by atoms with Crippen molar-refractivity contribution >= 4 is 0 Å². The minimum atomic E-state index is -0.235. The van der Waals surface area contributed by atoms with Gasteiger partial charge in [0, 0.05) is 37.1 Å². The van der Waals surface area contributed by atoms with Crippen molar-refractivity contribution in [1.82, 2.24) is 15.1 Å². The van der Waals surface area contributed by atoms with Crippen molar-refractivity contribution in [2.45, 2.75) is 26.3 Å². The molecule has 1 aliphatic rings. The van der Waals surface area contributed by atoms with E-state index in [1.54, 1.807) is 12.1 Å². The van der Waals surface area contributed by atoms with Gasteiger partial charge in [0.15, 0.2) is 0 Å². The lowest BCUT2D eigenvalue weighted by Gasteiger charge is -2.22. The van der Waals surface area contributed by atoms with Gasteiger partial charge in [0.2, 0.25) is 0 Å². The lowest BCUT2D eigenvalue weighted by atomic mass is 10.0. The molecule has 0 spiro atoms. The average molecular weight is 379 g/mol. The molecular formula is C23H26FN3O. The summed E-state index contributed by atoms with van der Waals surface area (Å²) in [6.45, 7) is 5.50. The Morgan fingerprint density at radius 1 is 1.07 bits per heavy atom. The third kappa shape index (κ3) is 4.49. The zero-order valence-electron chi connectivity index (χ0n) is 16.2. The lowest BCUT2D eigenvalue weighted by molar-refractivity contribution is 0.0662. The van der Waals surface area contributed by atoms with Crippen LogP contribution in [0.3, 0.4) is 0 Å². The molecule has 0 saturated carbocycles. The van der Waals surface area contributed by atoms with Gasteiger partial charge in [-0.25, -0.2) is 9.07 Å². The van der Waals surface area contributed by atoms with Crippen molar-refractivity contribution in [3.63, 3.8) is 0 Å². The van der Waals surface area contributed by atoms with Crippen LogP contribution in [0.5, 0.6) is 0 Å². The fourth-order valence-electron chi connectivity index (χ4n) is 3.58. The Hall–Kier alpha value is -2.50. The summed E-state index contributed by atoms with van der Waals surface area (Å²) in [7, 11) is 0. The highest BCUT2D eigenvalue weighted by Gasteiger charge is 2.15. The van der Waals surface area contributed by atoms with Crippen LogP contribution in [0.2, 0.25) is 0 Å². The van der Waals surface area contributed by atoms with Crippen LogP contribution >= 0.6 is 0 Å². The van der Waals surface area contributed by atoms with Crippen molar-refractivity contribution < 1.29 is 9.13 Å². The molecule has 0 radical (unpaired) electrons. The average Bonchev–Trinajstić information content (AvgIpc) is 3.14. The molecule has 2 aromatic carbocycles. The summed E-state index contributed by atoms with van der Waals surface area (Å²) in [6, 6.07) is 14.8. The standard InChI is InChI=1S/C23H26FN3O/c1-17-2-8-22(9-3-17)27-16-20(15-25-14-18-10-12-28-13-11-18)23(26-27)19-4-6-21(24)7-5-19/h2-9,16,18,25H,10-15H2,1H3. The molecule has 4 rings (SSSR count). The molecule has 4 nitrogen and oxygen atoms in total. The van der Waals surface area contributed by atoms with Gasteiger partial charge in [-0.2, -0.15) is 5.10 Å². The molecule has 1 aromatic heterocycles. The van der Waals surface area contributed by atoms with E-state index < -0.39 is 0 Å². The van der Waals surface area contributed by atoms with Gasteiger partial charge in [-0.05, 0) is 68.6 Å². The number of ether oxygens (including phenoxy) is 1. The van der Waals surface area contributed by atoms with E-state index >= 15 is 0 Å². The second-order valence-electron chi connectivity index (χ2n) is 7.48. The van der Waals surface area contributed by atoms with Gasteiger partial charge in [0.05, 0.1) is 11.4 Å². The predicted molar refractivity (Wildman–Crippen MR) is 109 cm³/mol. The molecule has 0 unspecified atom stereocenters. The molecule has 3 aromatic rings. The molecule has 0 atom stereocenters. The van der Waals surface area contributed by atoms with Gasteiger partial charge in [0.1, 0.15) is 5.82 Å². The van der Waals surface area contributed by atoms with E-state index in [2.05, 4.69) is 42.7 Å². The third-order valence-corrected chi connectivity index (χ3v) is 5.30. The van der Waals surface area contributed by atoms with Crippen LogP contribution < -0.4 is 5.32 Å². The molecule has 1 N–H and O–H groups in total. The fraction of sp³-hybridized carbons (Fsp3) is 0.348. The Morgan fingerprint density at radius 3 is 2.50 bits per heavy atom. The van der Waals surface area contributed by atoms with E-state index in [1.807, 2.05) is 4.68 Å². The summed E-state index contributed by atoms with van der Waals surface area (Å²) in [6.07, 6.45) is 4.29. The number of nitrogens with zero attached hydrogens (tertiary/aromatic N) is 2. The molecule has 1 fully saturated rings. The highest BCUT2D eigenvalue weighted by Crippen LogP contribution is 2.24. The van der Waals surface area contributed by atoms with Crippen molar-refractivity contribution in [3.05, 3.63) is 71.7 Å². The number of rotatable bonds is 6. The number of aromatic nitrogens is 2. The van der Waals surface area contributed by atoms with E-state index in [-0.39, 0.29) is 5.82 Å². The molecule has 1 saturated heterocycles. The predicted octanol–water partition coefficient (Wildman–Crippen LogP) is 4.50. The highest BCUT2D eigenvalue weighted by atomic mass is 19.1. The SMILES string of the molecule is Cc1ccc(-n2cc(CNCC3CCOCC3)c(-c3ccc(F)cc3)n2)cc1. The Morgan fingerprint density at radius 2 is 1.79 bits per heavy atom. The van der Waals surface area contributed by atoms with E-state index in [9.17, 15) is 4.39 Å². The van der Waals surface area contributed by atoms with Crippen molar-refractivity contribution in [2.75, 3.05) is 19.8 Å². The Bertz CT molecular complexity index is 897. The van der Waals surface area contributed by atoms with Crippen LogP contribution in [0, 0.1) is 18.7 Å². The summed E-state index contributed by atoms with van der Waals surface area (Å²) in [4.78, 5) is 0. The van der Waals surface area contributed by atoms with Crippen LogP contribution in [0.1, 0.15) is 24.0 Å². The van der Waals surface area contributed by atoms with Crippen molar-refractivity contribution in [1.29, 1.82) is 0 Å². The molecule has 0 aliphatic carbocycles. The van der Waals surface area contributed by atoms with E-state index in [0.29, 0.717) is 5.92 Å². The maximum atomic E-state index is 13.4. The van der Waals surface area contributed by atoms with Gasteiger partial charge in [-0.15, -0.1) is 0 Å². The smallest absolute Gasteiger partial charge is 0.123 e. The first-order valence-electron chi connectivity index (χ1n) is 9.89. The Balaban J connectivity index is 1.56. The van der Waals surface area contributed by atoms with E-state index in [1.165, 1.54) is 17.7 Å². The topological polar surface area (TPSA) is 39.1 Å². The second kappa shape index (κ2) is 8.67. The zero-order valence-corrected chi connectivity index (χ0v) is 16.2. The summed E-state index contributed by atoms with van der Waals surface area (Å²) >= 11 is 0. The summed E-state index contributed by atoms with van der Waals surface area (Å²) < 4.78 is 20.7. The molecule has 0 amide bonds. The first kappa shape index (κ1) is 18.8. The number of nitrogens with one attached hydrogen (secondary N) is 1. The molecule has 1 aliphatic heterocycles. The molecule has 28 heavy (non-hydrogen) atoms. The van der Waals surface area contributed by atoms with Crippen LogP contribution in [-0.2, 0) is 11.3 Å². The molecule has 146 valence electrons. The largest absolute Gasteiger partial charge is 0.381 e. The monoisotopic (exact) mass is 379 g/mol. The van der Waals surface area contributed by atoms with E-state index in [4.69, 9.17) is 9.84 Å². The third-order valence-electron chi connectivity index (χ3n) is 5.30. The first-order valence-corrected chi connectivity index (χ1v) is 9.89. The molecule has 5 heteroatoms.